The largest absolute Gasteiger partial charge is 0.480 e. The van der Waals surface area contributed by atoms with Gasteiger partial charge in [0, 0.05) is 12.3 Å². The maximum atomic E-state index is 11.1. The number of carbonyl (C=O) groups is 1. The Morgan fingerprint density at radius 1 is 1.56 bits per heavy atom. The van der Waals surface area contributed by atoms with Crippen molar-refractivity contribution in [3.63, 3.8) is 0 Å². The molecular weight excluding hydrogens is 230 g/mol. The molecule has 1 fully saturated rings. The molecule has 0 radical (unpaired) electrons. The number of carboxylic acids is 1. The second kappa shape index (κ2) is 5.14. The van der Waals surface area contributed by atoms with Gasteiger partial charge in [-0.05, 0) is 32.7 Å². The van der Waals surface area contributed by atoms with Crippen LogP contribution in [-0.4, -0.2) is 55.0 Å². The van der Waals surface area contributed by atoms with Gasteiger partial charge in [-0.25, -0.2) is 8.42 Å². The van der Waals surface area contributed by atoms with Crippen LogP contribution >= 0.6 is 0 Å². The Kier molecular flexibility index (Phi) is 4.32. The molecule has 0 aromatic carbocycles. The molecule has 0 aromatic heterocycles. The summed E-state index contributed by atoms with van der Waals surface area (Å²) >= 11 is 0. The Bertz CT molecular complexity index is 352. The van der Waals surface area contributed by atoms with E-state index in [4.69, 9.17) is 5.11 Å². The van der Waals surface area contributed by atoms with Gasteiger partial charge in [0.15, 0.2) is 0 Å². The van der Waals surface area contributed by atoms with Crippen LogP contribution in [0.2, 0.25) is 0 Å². The lowest BCUT2D eigenvalue weighted by Gasteiger charge is -2.27. The van der Waals surface area contributed by atoms with Crippen LogP contribution in [-0.2, 0) is 14.6 Å². The van der Waals surface area contributed by atoms with Gasteiger partial charge in [0.05, 0.1) is 5.75 Å². The van der Waals surface area contributed by atoms with Crippen molar-refractivity contribution in [3.8, 4) is 0 Å². The fourth-order valence-electron chi connectivity index (χ4n) is 2.18. The minimum Gasteiger partial charge on any atom is -0.480 e. The second-order valence-corrected chi connectivity index (χ2v) is 6.76. The second-order valence-electron chi connectivity index (χ2n) is 4.50. The molecule has 16 heavy (non-hydrogen) atoms. The minimum absolute atomic E-state index is 0.0623. The summed E-state index contributed by atoms with van der Waals surface area (Å²) in [4.78, 5) is 13.0. The summed E-state index contributed by atoms with van der Waals surface area (Å²) in [5.74, 6) is -0.981. The third-order valence-corrected chi connectivity index (χ3v) is 4.03. The number of hydrogen-bond acceptors (Lipinski definition) is 4. The molecule has 1 aliphatic heterocycles. The first-order valence-corrected chi connectivity index (χ1v) is 7.53. The number of hydrogen-bond donors (Lipinski definition) is 1. The Labute approximate surface area is 96.4 Å². The van der Waals surface area contributed by atoms with E-state index >= 15 is 0 Å². The zero-order chi connectivity index (χ0) is 12.3. The van der Waals surface area contributed by atoms with Gasteiger partial charge in [-0.2, -0.15) is 0 Å². The molecule has 0 bridgehead atoms. The van der Waals surface area contributed by atoms with E-state index in [0.29, 0.717) is 0 Å². The molecule has 1 heterocycles. The Balaban J connectivity index is 2.64. The number of likely N-dealkylation sites (tertiary alicyclic amines) is 1. The monoisotopic (exact) mass is 249 g/mol. The van der Waals surface area contributed by atoms with E-state index in [1.807, 2.05) is 11.8 Å². The van der Waals surface area contributed by atoms with Crippen molar-refractivity contribution in [1.29, 1.82) is 0 Å². The number of aliphatic carboxylic acids is 1. The van der Waals surface area contributed by atoms with Crippen LogP contribution in [0.1, 0.15) is 26.2 Å². The summed E-state index contributed by atoms with van der Waals surface area (Å²) in [5.41, 5.74) is 0. The minimum atomic E-state index is -3.09. The molecule has 1 N–H and O–H groups in total. The molecule has 5 nitrogen and oxygen atoms in total. The van der Waals surface area contributed by atoms with Gasteiger partial charge in [-0.3, -0.25) is 9.69 Å². The van der Waals surface area contributed by atoms with Crippen LogP contribution in [0.5, 0.6) is 0 Å². The van der Waals surface area contributed by atoms with Gasteiger partial charge < -0.3 is 5.11 Å². The zero-order valence-electron chi connectivity index (χ0n) is 9.72. The summed E-state index contributed by atoms with van der Waals surface area (Å²) < 4.78 is 22.1. The van der Waals surface area contributed by atoms with Crippen molar-refractivity contribution in [2.24, 2.45) is 0 Å². The highest BCUT2D eigenvalue weighted by molar-refractivity contribution is 7.90. The fourth-order valence-corrected chi connectivity index (χ4v) is 2.83. The van der Waals surface area contributed by atoms with Gasteiger partial charge >= 0.3 is 5.97 Å². The Morgan fingerprint density at radius 2 is 2.19 bits per heavy atom. The van der Waals surface area contributed by atoms with Gasteiger partial charge in [-0.15, -0.1) is 0 Å². The highest BCUT2D eigenvalue weighted by Crippen LogP contribution is 2.21. The first kappa shape index (κ1) is 13.4. The third-order valence-electron chi connectivity index (χ3n) is 3.05. The summed E-state index contributed by atoms with van der Waals surface area (Å²) in [6.07, 6.45) is 3.30. The van der Waals surface area contributed by atoms with Crippen molar-refractivity contribution < 1.29 is 18.3 Å². The first-order valence-electron chi connectivity index (χ1n) is 5.47. The maximum Gasteiger partial charge on any atom is 0.320 e. The number of sulfone groups is 1. The molecule has 94 valence electrons. The topological polar surface area (TPSA) is 74.7 Å². The van der Waals surface area contributed by atoms with Gasteiger partial charge in [0.2, 0.25) is 0 Å². The lowest BCUT2D eigenvalue weighted by Crippen LogP contribution is -2.44. The normalized spacial score (nSPS) is 24.5. The molecule has 6 heteroatoms. The zero-order valence-corrected chi connectivity index (χ0v) is 10.5. The predicted octanol–water partition coefficient (Wildman–Crippen LogP) is 0.359. The average Bonchev–Trinajstić information content (AvgIpc) is 2.50. The molecular formula is C10H19NO4S. The lowest BCUT2D eigenvalue weighted by atomic mass is 10.1. The van der Waals surface area contributed by atoms with E-state index < -0.39 is 21.8 Å². The molecule has 2 unspecified atom stereocenters. The summed E-state index contributed by atoms with van der Waals surface area (Å²) in [7, 11) is -3.09. The molecule has 0 spiro atoms. The van der Waals surface area contributed by atoms with Crippen LogP contribution in [0, 0.1) is 0 Å². The van der Waals surface area contributed by atoms with E-state index in [1.165, 1.54) is 0 Å². The van der Waals surface area contributed by atoms with Crippen LogP contribution in [0.25, 0.3) is 0 Å². The van der Waals surface area contributed by atoms with Crippen molar-refractivity contribution in [2.45, 2.75) is 38.3 Å². The third kappa shape index (κ3) is 3.75. The quantitative estimate of drug-likeness (QED) is 0.761. The average molecular weight is 249 g/mol. The van der Waals surface area contributed by atoms with Gasteiger partial charge in [0.1, 0.15) is 15.9 Å². The maximum absolute atomic E-state index is 11.1. The highest BCUT2D eigenvalue weighted by atomic mass is 32.2. The smallest absolute Gasteiger partial charge is 0.320 e. The summed E-state index contributed by atoms with van der Waals surface area (Å²) in [6.45, 7) is 2.74. The van der Waals surface area contributed by atoms with Crippen molar-refractivity contribution >= 4 is 15.8 Å². The first-order chi connectivity index (χ1) is 7.31. The van der Waals surface area contributed by atoms with E-state index in [0.717, 1.165) is 25.6 Å². The summed E-state index contributed by atoms with van der Waals surface area (Å²) in [5, 5.41) is 9.11. The Morgan fingerprint density at radius 3 is 2.56 bits per heavy atom. The number of carboxylic acid groups (broad SMARTS) is 1. The predicted molar refractivity (Wildman–Crippen MR) is 61.2 cm³/mol. The van der Waals surface area contributed by atoms with Crippen LogP contribution in [0.15, 0.2) is 0 Å². The molecule has 0 saturated carbocycles. The van der Waals surface area contributed by atoms with Crippen molar-refractivity contribution in [2.75, 3.05) is 18.6 Å². The molecule has 1 rings (SSSR count). The van der Waals surface area contributed by atoms with Gasteiger partial charge in [0.25, 0.3) is 0 Å². The van der Waals surface area contributed by atoms with E-state index in [9.17, 15) is 13.2 Å². The lowest BCUT2D eigenvalue weighted by molar-refractivity contribution is -0.143. The number of rotatable bonds is 5. The molecule has 0 aliphatic carbocycles. The van der Waals surface area contributed by atoms with Crippen molar-refractivity contribution in [3.05, 3.63) is 0 Å². The van der Waals surface area contributed by atoms with Crippen LogP contribution < -0.4 is 0 Å². The van der Waals surface area contributed by atoms with Crippen molar-refractivity contribution in [1.82, 2.24) is 4.90 Å². The fraction of sp³-hybridized carbons (Fsp3) is 0.900. The molecule has 1 saturated heterocycles. The summed E-state index contributed by atoms with van der Waals surface area (Å²) in [6, 6.07) is -0.423. The number of nitrogens with zero attached hydrogens (tertiary/aromatic N) is 1. The van der Waals surface area contributed by atoms with Crippen LogP contribution in [0.4, 0.5) is 0 Å². The molecule has 2 atom stereocenters. The molecule has 0 amide bonds. The van der Waals surface area contributed by atoms with Crippen LogP contribution in [0.3, 0.4) is 0 Å². The highest BCUT2D eigenvalue weighted by Gasteiger charge is 2.32. The Hall–Kier alpha value is -0.620. The van der Waals surface area contributed by atoms with E-state index in [2.05, 4.69) is 0 Å². The van der Waals surface area contributed by atoms with E-state index in [1.54, 1.807) is 0 Å². The van der Waals surface area contributed by atoms with Gasteiger partial charge in [-0.1, -0.05) is 0 Å². The molecule has 1 aliphatic rings. The standard InChI is InChI=1S/C10H19NO4S/c1-8-4-3-6-11(8)9(10(12)13)5-7-16(2,14)15/h8-9H,3-7H2,1-2H3,(H,12,13). The van der Waals surface area contributed by atoms with E-state index in [-0.39, 0.29) is 18.2 Å². The molecule has 0 aromatic rings. The SMILES string of the molecule is CC1CCCN1C(CCS(C)(=O)=O)C(=O)O.